The first-order valence-electron chi connectivity index (χ1n) is 17.0. The molecule has 0 aliphatic carbocycles. The van der Waals surface area contributed by atoms with Gasteiger partial charge >= 0.3 is 17.9 Å². The Morgan fingerprint density at radius 3 is 0.912 bits per heavy atom. The third kappa shape index (κ3) is 8.24. The lowest BCUT2D eigenvalue weighted by atomic mass is 10.0. The molecule has 3 heterocycles. The van der Waals surface area contributed by atoms with Crippen molar-refractivity contribution in [3.63, 3.8) is 0 Å². The van der Waals surface area contributed by atoms with E-state index in [2.05, 4.69) is 15.0 Å². The average Bonchev–Trinajstić information content (AvgIpc) is 3.27. The van der Waals surface area contributed by atoms with Gasteiger partial charge in [-0.05, 0) is 36.4 Å². The molecule has 0 bridgehead atoms. The molecule has 12 heteroatoms. The SMILES string of the molecule is N#Cc1cc(-c2ccccc2)ncc1OC(=O)c1cc(C(=O)Oc2cnc(-c3ccccc3)cc2C#N)cc(C(=O)Oc2cnc(-c3ccccc3)cc2C#N)c1. The lowest BCUT2D eigenvalue weighted by Crippen LogP contribution is -2.17. The van der Waals surface area contributed by atoms with Gasteiger partial charge in [0.05, 0.1) is 69.1 Å². The number of benzene rings is 4. The molecule has 0 atom stereocenters. The van der Waals surface area contributed by atoms with Crippen LogP contribution in [0, 0.1) is 34.0 Å². The maximum Gasteiger partial charge on any atom is 0.343 e. The number of rotatable bonds is 9. The van der Waals surface area contributed by atoms with Gasteiger partial charge < -0.3 is 14.2 Å². The first-order valence-corrected chi connectivity index (χ1v) is 17.0. The topological polar surface area (TPSA) is 189 Å². The highest BCUT2D eigenvalue weighted by Gasteiger charge is 2.23. The van der Waals surface area contributed by atoms with E-state index in [0.29, 0.717) is 17.1 Å². The largest absolute Gasteiger partial charge is 0.420 e. The van der Waals surface area contributed by atoms with Crippen LogP contribution in [0.3, 0.4) is 0 Å². The molecule has 0 spiro atoms. The van der Waals surface area contributed by atoms with Crippen molar-refractivity contribution in [3.05, 3.63) is 179 Å². The molecule has 0 amide bonds. The molecule has 270 valence electrons. The average molecular weight is 745 g/mol. The lowest BCUT2D eigenvalue weighted by Gasteiger charge is -2.12. The maximum atomic E-state index is 13.7. The van der Waals surface area contributed by atoms with Crippen LogP contribution in [0.4, 0.5) is 0 Å². The minimum absolute atomic E-state index is 0.00151. The van der Waals surface area contributed by atoms with Crippen molar-refractivity contribution in [3.8, 4) is 69.2 Å². The number of nitrogens with zero attached hydrogens (tertiary/aromatic N) is 6. The number of ether oxygens (including phenoxy) is 3. The molecular formula is C45H24N6O6. The van der Waals surface area contributed by atoms with Crippen molar-refractivity contribution in [2.75, 3.05) is 0 Å². The van der Waals surface area contributed by atoms with Gasteiger partial charge in [-0.2, -0.15) is 15.8 Å². The van der Waals surface area contributed by atoms with Gasteiger partial charge in [0, 0.05) is 16.7 Å². The van der Waals surface area contributed by atoms with Crippen molar-refractivity contribution in [1.29, 1.82) is 15.8 Å². The summed E-state index contributed by atoms with van der Waals surface area (Å²) in [6.45, 7) is 0. The normalized spacial score (nSPS) is 10.3. The second kappa shape index (κ2) is 16.5. The van der Waals surface area contributed by atoms with Gasteiger partial charge in [-0.3, -0.25) is 15.0 Å². The van der Waals surface area contributed by atoms with E-state index in [-0.39, 0.29) is 50.6 Å². The summed E-state index contributed by atoms with van der Waals surface area (Å²) in [4.78, 5) is 54.0. The highest BCUT2D eigenvalue weighted by Crippen LogP contribution is 2.28. The van der Waals surface area contributed by atoms with Crippen LogP contribution in [0.15, 0.2) is 146 Å². The Hall–Kier alpha value is -8.79. The smallest absolute Gasteiger partial charge is 0.343 e. The van der Waals surface area contributed by atoms with E-state index in [0.717, 1.165) is 34.9 Å². The molecule has 0 saturated carbocycles. The van der Waals surface area contributed by atoms with Crippen LogP contribution >= 0.6 is 0 Å². The summed E-state index contributed by atoms with van der Waals surface area (Å²) in [5.41, 5.74) is 2.68. The number of aromatic nitrogens is 3. The molecule has 7 rings (SSSR count). The van der Waals surface area contributed by atoms with Gasteiger partial charge in [-0.25, -0.2) is 14.4 Å². The standard InChI is InChI=1S/C45H24N6O6/c46-22-34-19-37(28-10-4-1-5-11-28)49-25-40(34)55-43(52)31-16-32(44(53)56-41-26-50-38(20-35(41)23-47)29-12-6-2-7-13-29)18-33(17-31)45(54)57-42-27-51-39(21-36(42)24-48)30-14-8-3-9-15-30/h1-21,25-27H. The molecule has 7 aromatic rings. The van der Waals surface area contributed by atoms with Crippen LogP contribution in [0.5, 0.6) is 17.2 Å². The fourth-order valence-corrected chi connectivity index (χ4v) is 5.59. The van der Waals surface area contributed by atoms with E-state index in [1.165, 1.54) is 36.8 Å². The summed E-state index contributed by atoms with van der Waals surface area (Å²) in [6.07, 6.45) is 3.66. The third-order valence-electron chi connectivity index (χ3n) is 8.42. The zero-order chi connectivity index (χ0) is 39.7. The molecule has 0 unspecified atom stereocenters. The molecule has 12 nitrogen and oxygen atoms in total. The van der Waals surface area contributed by atoms with E-state index in [4.69, 9.17) is 14.2 Å². The van der Waals surface area contributed by atoms with Gasteiger partial charge in [0.25, 0.3) is 0 Å². The minimum atomic E-state index is -1.05. The Balaban J connectivity index is 1.22. The van der Waals surface area contributed by atoms with E-state index < -0.39 is 17.9 Å². The summed E-state index contributed by atoms with van der Waals surface area (Å²) in [5.74, 6) is -3.68. The second-order valence-corrected chi connectivity index (χ2v) is 12.1. The van der Waals surface area contributed by atoms with Crippen molar-refractivity contribution < 1.29 is 28.6 Å². The zero-order valence-corrected chi connectivity index (χ0v) is 29.5. The van der Waals surface area contributed by atoms with Gasteiger partial charge in [-0.1, -0.05) is 91.0 Å². The fourth-order valence-electron chi connectivity index (χ4n) is 5.59. The third-order valence-corrected chi connectivity index (χ3v) is 8.42. The quantitative estimate of drug-likeness (QED) is 0.129. The summed E-state index contributed by atoms with van der Waals surface area (Å²) in [7, 11) is 0. The maximum absolute atomic E-state index is 13.7. The van der Waals surface area contributed by atoms with Gasteiger partial charge in [0.15, 0.2) is 17.2 Å². The summed E-state index contributed by atoms with van der Waals surface area (Å²) in [5, 5.41) is 29.7. The Labute approximate surface area is 325 Å². The first kappa shape index (κ1) is 36.6. The molecule has 0 aliphatic rings. The predicted molar refractivity (Wildman–Crippen MR) is 204 cm³/mol. The van der Waals surface area contributed by atoms with Crippen LogP contribution in [-0.2, 0) is 0 Å². The Morgan fingerprint density at radius 2 is 0.667 bits per heavy atom. The van der Waals surface area contributed by atoms with Crippen molar-refractivity contribution in [1.82, 2.24) is 15.0 Å². The molecule has 0 aliphatic heterocycles. The summed E-state index contributed by atoms with van der Waals surface area (Å²) < 4.78 is 16.7. The van der Waals surface area contributed by atoms with E-state index in [1.54, 1.807) is 36.4 Å². The van der Waals surface area contributed by atoms with Crippen LogP contribution in [0.2, 0.25) is 0 Å². The second-order valence-electron chi connectivity index (χ2n) is 12.1. The zero-order valence-electron chi connectivity index (χ0n) is 29.5. The van der Waals surface area contributed by atoms with E-state index in [1.807, 2.05) is 72.8 Å². The number of hydrogen-bond acceptors (Lipinski definition) is 12. The minimum Gasteiger partial charge on any atom is -0.420 e. The highest BCUT2D eigenvalue weighted by atomic mass is 16.5. The summed E-state index contributed by atoms with van der Waals surface area (Å²) in [6, 6.07) is 40.9. The number of esters is 3. The molecule has 0 N–H and O–H groups in total. The number of carbonyl (C=O) groups excluding carboxylic acids is 3. The van der Waals surface area contributed by atoms with Crippen LogP contribution in [-0.4, -0.2) is 32.9 Å². The molecule has 3 aromatic heterocycles. The van der Waals surface area contributed by atoms with E-state index >= 15 is 0 Å². The van der Waals surface area contributed by atoms with Crippen LogP contribution in [0.1, 0.15) is 47.8 Å². The van der Waals surface area contributed by atoms with Crippen molar-refractivity contribution >= 4 is 17.9 Å². The molecule has 57 heavy (non-hydrogen) atoms. The number of carbonyl (C=O) groups is 3. The number of nitriles is 3. The summed E-state index contributed by atoms with van der Waals surface area (Å²) >= 11 is 0. The molecule has 4 aromatic carbocycles. The Bertz CT molecular complexity index is 2490. The predicted octanol–water partition coefficient (Wildman–Crippen LogP) is 8.15. The van der Waals surface area contributed by atoms with E-state index in [9.17, 15) is 30.2 Å². The Kier molecular flexibility index (Phi) is 10.6. The monoisotopic (exact) mass is 744 g/mol. The molecule has 0 fully saturated rings. The van der Waals surface area contributed by atoms with Gasteiger partial charge in [0.2, 0.25) is 0 Å². The molecule has 0 saturated heterocycles. The molecular weight excluding hydrogens is 721 g/mol. The van der Waals surface area contributed by atoms with Crippen LogP contribution in [0.25, 0.3) is 33.8 Å². The number of pyridine rings is 3. The molecule has 0 radical (unpaired) electrons. The van der Waals surface area contributed by atoms with Crippen LogP contribution < -0.4 is 14.2 Å². The van der Waals surface area contributed by atoms with Crippen molar-refractivity contribution in [2.24, 2.45) is 0 Å². The Morgan fingerprint density at radius 1 is 0.404 bits per heavy atom. The van der Waals surface area contributed by atoms with Crippen molar-refractivity contribution in [2.45, 2.75) is 0 Å². The highest BCUT2D eigenvalue weighted by molar-refractivity contribution is 6.02. The fraction of sp³-hybridized carbons (Fsp3) is 0. The lowest BCUT2D eigenvalue weighted by molar-refractivity contribution is 0.0733. The van der Waals surface area contributed by atoms with Gasteiger partial charge in [-0.15, -0.1) is 0 Å². The van der Waals surface area contributed by atoms with Gasteiger partial charge in [0.1, 0.15) is 18.2 Å². The first-order chi connectivity index (χ1) is 27.8. The number of hydrogen-bond donors (Lipinski definition) is 0.